The van der Waals surface area contributed by atoms with E-state index in [0.717, 1.165) is 23.1 Å². The van der Waals surface area contributed by atoms with Gasteiger partial charge in [-0.05, 0) is 37.1 Å². The van der Waals surface area contributed by atoms with Crippen LogP contribution in [-0.4, -0.2) is 19.7 Å². The van der Waals surface area contributed by atoms with Crippen LogP contribution >= 0.6 is 11.6 Å². The molecule has 1 atom stereocenters. The fraction of sp³-hybridized carbons (Fsp3) is 0.200. The van der Waals surface area contributed by atoms with Crippen LogP contribution in [0.3, 0.4) is 0 Å². The minimum Gasteiger partial charge on any atom is -0.404 e. The minimum atomic E-state index is -0.433. The Morgan fingerprint density at radius 1 is 1.37 bits per heavy atom. The third kappa shape index (κ3) is 3.69. The molecule has 2 N–H and O–H groups in total. The summed E-state index contributed by atoms with van der Waals surface area (Å²) < 4.78 is 1.62. The maximum absolute atomic E-state index is 9.32. The Hall–Kier alpha value is -3.17. The third-order valence-electron chi connectivity index (χ3n) is 4.29. The maximum atomic E-state index is 9.32. The van der Waals surface area contributed by atoms with Crippen LogP contribution in [0, 0.1) is 11.3 Å². The highest BCUT2D eigenvalue weighted by atomic mass is 35.5. The SMILES string of the molecule is CCc1ccc(Cl)cc1-c1nn(C(C)C#N)cc1C(=CN)c1ncccn1. The first kappa shape index (κ1) is 18.6. The normalized spacial score (nSPS) is 12.6. The van der Waals surface area contributed by atoms with E-state index in [1.807, 2.05) is 18.2 Å². The second-order valence-electron chi connectivity index (χ2n) is 5.98. The minimum absolute atomic E-state index is 0.433. The summed E-state index contributed by atoms with van der Waals surface area (Å²) in [5.74, 6) is 0.491. The Balaban J connectivity index is 2.27. The van der Waals surface area contributed by atoms with E-state index in [-0.39, 0.29) is 0 Å². The summed E-state index contributed by atoms with van der Waals surface area (Å²) in [6.45, 7) is 3.85. The molecule has 1 unspecified atom stereocenters. The molecule has 0 bridgehead atoms. The summed E-state index contributed by atoms with van der Waals surface area (Å²) in [4.78, 5) is 8.62. The maximum Gasteiger partial charge on any atom is 0.161 e. The molecule has 0 fully saturated rings. The largest absolute Gasteiger partial charge is 0.404 e. The lowest BCUT2D eigenvalue weighted by atomic mass is 9.97. The van der Waals surface area contributed by atoms with Gasteiger partial charge in [0.25, 0.3) is 0 Å². The molecule has 0 spiro atoms. The van der Waals surface area contributed by atoms with E-state index in [9.17, 15) is 5.26 Å². The van der Waals surface area contributed by atoms with Gasteiger partial charge in [0.15, 0.2) is 5.82 Å². The van der Waals surface area contributed by atoms with Gasteiger partial charge in [-0.15, -0.1) is 0 Å². The van der Waals surface area contributed by atoms with Crippen molar-refractivity contribution in [3.8, 4) is 17.3 Å². The Morgan fingerprint density at radius 3 is 2.74 bits per heavy atom. The average molecular weight is 379 g/mol. The van der Waals surface area contributed by atoms with Crippen LogP contribution < -0.4 is 5.73 Å². The number of halogens is 1. The van der Waals surface area contributed by atoms with E-state index in [1.54, 1.807) is 36.3 Å². The van der Waals surface area contributed by atoms with Crippen molar-refractivity contribution < 1.29 is 0 Å². The van der Waals surface area contributed by atoms with Crippen LogP contribution in [0.4, 0.5) is 0 Å². The zero-order valence-corrected chi connectivity index (χ0v) is 15.9. The molecule has 136 valence electrons. The molecule has 3 aromatic rings. The lowest BCUT2D eigenvalue weighted by molar-refractivity contribution is 0.592. The van der Waals surface area contributed by atoms with Gasteiger partial charge in [-0.25, -0.2) is 9.97 Å². The summed E-state index contributed by atoms with van der Waals surface area (Å²) in [6.07, 6.45) is 7.40. The number of rotatable bonds is 5. The molecule has 27 heavy (non-hydrogen) atoms. The van der Waals surface area contributed by atoms with Crippen LogP contribution in [0.5, 0.6) is 0 Å². The van der Waals surface area contributed by atoms with Crippen molar-refractivity contribution in [2.24, 2.45) is 5.73 Å². The van der Waals surface area contributed by atoms with E-state index in [0.29, 0.717) is 22.1 Å². The number of nitriles is 1. The highest BCUT2D eigenvalue weighted by Crippen LogP contribution is 2.34. The summed E-state index contributed by atoms with van der Waals surface area (Å²) >= 11 is 6.25. The van der Waals surface area contributed by atoms with Crippen LogP contribution in [0.1, 0.15) is 36.8 Å². The molecule has 3 rings (SSSR count). The molecule has 0 aliphatic heterocycles. The zero-order valence-electron chi connectivity index (χ0n) is 15.1. The van der Waals surface area contributed by atoms with Gasteiger partial charge in [0.1, 0.15) is 11.7 Å². The smallest absolute Gasteiger partial charge is 0.161 e. The van der Waals surface area contributed by atoms with Gasteiger partial charge in [0, 0.05) is 46.5 Å². The van der Waals surface area contributed by atoms with Crippen LogP contribution in [0.2, 0.25) is 5.02 Å². The van der Waals surface area contributed by atoms with Crippen molar-refractivity contribution in [2.75, 3.05) is 0 Å². The number of nitrogens with two attached hydrogens (primary N) is 1. The number of hydrogen-bond acceptors (Lipinski definition) is 5. The second-order valence-corrected chi connectivity index (χ2v) is 6.42. The molecule has 0 aliphatic rings. The predicted molar refractivity (Wildman–Crippen MR) is 106 cm³/mol. The Morgan fingerprint density at radius 2 is 2.11 bits per heavy atom. The molecule has 0 saturated heterocycles. The molecule has 7 heteroatoms. The van der Waals surface area contributed by atoms with Crippen LogP contribution in [0.25, 0.3) is 16.8 Å². The van der Waals surface area contributed by atoms with Crippen molar-refractivity contribution in [2.45, 2.75) is 26.3 Å². The van der Waals surface area contributed by atoms with Crippen molar-refractivity contribution >= 4 is 17.2 Å². The molecule has 0 radical (unpaired) electrons. The molecular weight excluding hydrogens is 360 g/mol. The quantitative estimate of drug-likeness (QED) is 0.724. The molecule has 1 aromatic carbocycles. The van der Waals surface area contributed by atoms with Gasteiger partial charge < -0.3 is 5.73 Å². The van der Waals surface area contributed by atoms with Crippen molar-refractivity contribution in [3.63, 3.8) is 0 Å². The van der Waals surface area contributed by atoms with E-state index >= 15 is 0 Å². The van der Waals surface area contributed by atoms with Gasteiger partial charge in [0.05, 0.1) is 6.07 Å². The number of aromatic nitrogens is 4. The van der Waals surface area contributed by atoms with Gasteiger partial charge in [0.2, 0.25) is 0 Å². The van der Waals surface area contributed by atoms with Gasteiger partial charge in [-0.1, -0.05) is 24.6 Å². The standard InChI is InChI=1S/C20H19ClN6/c1-3-14-5-6-15(21)9-16(14)19-18(12-27(26-19)13(2)10-22)17(11-23)20-24-7-4-8-25-20/h4-9,11-13H,3,23H2,1-2H3. The highest BCUT2D eigenvalue weighted by molar-refractivity contribution is 6.30. The van der Waals surface area contributed by atoms with Crippen LogP contribution in [0.15, 0.2) is 49.1 Å². The lowest BCUT2D eigenvalue weighted by Crippen LogP contribution is -2.03. The number of hydrogen-bond donors (Lipinski definition) is 1. The summed E-state index contributed by atoms with van der Waals surface area (Å²) in [5.41, 5.74) is 10.0. The molecule has 2 heterocycles. The summed E-state index contributed by atoms with van der Waals surface area (Å²) in [7, 11) is 0. The molecule has 0 aliphatic carbocycles. The van der Waals surface area contributed by atoms with Crippen LogP contribution in [-0.2, 0) is 6.42 Å². The monoisotopic (exact) mass is 378 g/mol. The van der Waals surface area contributed by atoms with E-state index in [4.69, 9.17) is 17.3 Å². The first-order valence-electron chi connectivity index (χ1n) is 8.56. The van der Waals surface area contributed by atoms with Crippen molar-refractivity contribution in [1.29, 1.82) is 5.26 Å². The molecule has 2 aromatic heterocycles. The van der Waals surface area contributed by atoms with E-state index in [1.165, 1.54) is 6.20 Å². The fourth-order valence-electron chi connectivity index (χ4n) is 2.85. The van der Waals surface area contributed by atoms with E-state index < -0.39 is 6.04 Å². The van der Waals surface area contributed by atoms with Gasteiger partial charge in [-0.2, -0.15) is 10.4 Å². The zero-order chi connectivity index (χ0) is 19.4. The molecule has 0 saturated carbocycles. The number of aryl methyl sites for hydroxylation is 1. The third-order valence-corrected chi connectivity index (χ3v) is 4.52. The molecular formula is C20H19ClN6. The predicted octanol–water partition coefficient (Wildman–Crippen LogP) is 3.99. The summed E-state index contributed by atoms with van der Waals surface area (Å²) in [5, 5.41) is 14.6. The van der Waals surface area contributed by atoms with Crippen molar-refractivity contribution in [1.82, 2.24) is 19.7 Å². The Kier molecular flexibility index (Phi) is 5.53. The van der Waals surface area contributed by atoms with E-state index in [2.05, 4.69) is 28.1 Å². The highest BCUT2D eigenvalue weighted by Gasteiger charge is 2.21. The lowest BCUT2D eigenvalue weighted by Gasteiger charge is -2.10. The Bertz CT molecular complexity index is 1020. The Labute approximate surface area is 162 Å². The fourth-order valence-corrected chi connectivity index (χ4v) is 3.02. The number of nitrogens with zero attached hydrogens (tertiary/aromatic N) is 5. The van der Waals surface area contributed by atoms with Gasteiger partial charge in [-0.3, -0.25) is 4.68 Å². The second kappa shape index (κ2) is 8.02. The first-order valence-corrected chi connectivity index (χ1v) is 8.94. The number of benzene rings is 1. The average Bonchev–Trinajstić information content (AvgIpc) is 3.13. The van der Waals surface area contributed by atoms with Gasteiger partial charge >= 0.3 is 0 Å². The molecule has 6 nitrogen and oxygen atoms in total. The summed E-state index contributed by atoms with van der Waals surface area (Å²) in [6, 6.07) is 9.24. The first-order chi connectivity index (χ1) is 13.1. The molecule has 0 amide bonds. The topological polar surface area (TPSA) is 93.4 Å². The van der Waals surface area contributed by atoms with Crippen molar-refractivity contribution in [3.05, 3.63) is 71.0 Å².